The summed E-state index contributed by atoms with van der Waals surface area (Å²) in [4.78, 5) is 26.6. The minimum Gasteiger partial charge on any atom is -0.496 e. The third-order valence-electron chi connectivity index (χ3n) is 3.41. The summed E-state index contributed by atoms with van der Waals surface area (Å²) in [5, 5.41) is 10.9. The van der Waals surface area contributed by atoms with Crippen molar-refractivity contribution in [1.29, 1.82) is 0 Å². The molecule has 0 bridgehead atoms. The number of nitro groups is 1. The van der Waals surface area contributed by atoms with Crippen LogP contribution in [0.25, 0.3) is 6.08 Å². The Bertz CT molecular complexity index is 936. The van der Waals surface area contributed by atoms with Gasteiger partial charge in [0.25, 0.3) is 5.69 Å². The smallest absolute Gasteiger partial charge is 0.363 e. The minimum absolute atomic E-state index is 0.0221. The molecule has 0 amide bonds. The van der Waals surface area contributed by atoms with E-state index < -0.39 is 10.9 Å². The highest BCUT2D eigenvalue weighted by atomic mass is 79.9. The second-order valence-electron chi connectivity index (χ2n) is 5.03. The van der Waals surface area contributed by atoms with Gasteiger partial charge in [0.1, 0.15) is 5.75 Å². The lowest BCUT2D eigenvalue weighted by Gasteiger charge is -2.04. The number of carbonyl (C=O) groups excluding carboxylic acids is 1. The number of esters is 1. The van der Waals surface area contributed by atoms with Crippen molar-refractivity contribution in [2.75, 3.05) is 7.11 Å². The Morgan fingerprint density at radius 3 is 2.80 bits per heavy atom. The molecule has 3 rings (SSSR count). The van der Waals surface area contributed by atoms with E-state index in [9.17, 15) is 14.9 Å². The summed E-state index contributed by atoms with van der Waals surface area (Å²) in [5.41, 5.74) is 0.972. The lowest BCUT2D eigenvalue weighted by molar-refractivity contribution is -0.384. The highest BCUT2D eigenvalue weighted by Crippen LogP contribution is 2.27. The number of nitrogens with zero attached hydrogens (tertiary/aromatic N) is 2. The number of ether oxygens (including phenoxy) is 2. The van der Waals surface area contributed by atoms with Crippen molar-refractivity contribution in [3.63, 3.8) is 0 Å². The molecular weight excluding hydrogens is 392 g/mol. The first kappa shape index (κ1) is 16.8. The maximum absolute atomic E-state index is 12.1. The van der Waals surface area contributed by atoms with Gasteiger partial charge in [-0.25, -0.2) is 9.79 Å². The standard InChI is InChI=1S/C17H11BrN2O5/c1-24-15-6-5-12(18)7-11(15)9-14-17(21)25-16(19-14)10-3-2-4-13(8-10)20(22)23/h2-9H,1H3/b14-9-. The topological polar surface area (TPSA) is 91.0 Å². The summed E-state index contributed by atoms with van der Waals surface area (Å²) >= 11 is 3.36. The van der Waals surface area contributed by atoms with E-state index in [0.29, 0.717) is 16.9 Å². The number of hydrogen-bond acceptors (Lipinski definition) is 6. The van der Waals surface area contributed by atoms with Crippen molar-refractivity contribution in [3.8, 4) is 5.75 Å². The van der Waals surface area contributed by atoms with Crippen LogP contribution in [-0.2, 0) is 9.53 Å². The molecule has 2 aromatic carbocycles. The molecule has 1 aliphatic rings. The van der Waals surface area contributed by atoms with Crippen LogP contribution in [0.4, 0.5) is 5.69 Å². The fraction of sp³-hybridized carbons (Fsp3) is 0.0588. The zero-order chi connectivity index (χ0) is 18.0. The van der Waals surface area contributed by atoms with Crippen LogP contribution < -0.4 is 4.74 Å². The second-order valence-corrected chi connectivity index (χ2v) is 5.95. The molecule has 0 spiro atoms. The first-order valence-electron chi connectivity index (χ1n) is 7.09. The minimum atomic E-state index is -0.636. The SMILES string of the molecule is COc1ccc(Br)cc1/C=C1\N=C(c2cccc([N+](=O)[O-])c2)OC1=O. The Morgan fingerprint density at radius 1 is 1.28 bits per heavy atom. The van der Waals surface area contributed by atoms with Crippen molar-refractivity contribution < 1.29 is 19.2 Å². The molecule has 0 saturated carbocycles. The molecule has 0 unspecified atom stereocenters. The van der Waals surface area contributed by atoms with Gasteiger partial charge < -0.3 is 9.47 Å². The molecule has 0 radical (unpaired) electrons. The molecule has 25 heavy (non-hydrogen) atoms. The van der Waals surface area contributed by atoms with Crippen molar-refractivity contribution in [1.82, 2.24) is 0 Å². The molecule has 8 heteroatoms. The van der Waals surface area contributed by atoms with E-state index in [0.717, 1.165) is 4.47 Å². The van der Waals surface area contributed by atoms with Gasteiger partial charge in [-0.2, -0.15) is 0 Å². The predicted octanol–water partition coefficient (Wildman–Crippen LogP) is 3.71. The normalized spacial score (nSPS) is 15.0. The molecule has 0 fully saturated rings. The van der Waals surface area contributed by atoms with E-state index >= 15 is 0 Å². The summed E-state index contributed by atoms with van der Waals surface area (Å²) in [6.07, 6.45) is 1.54. The van der Waals surface area contributed by atoms with Crippen LogP contribution in [-0.4, -0.2) is 23.9 Å². The number of nitro benzene ring substituents is 1. The lowest BCUT2D eigenvalue weighted by Crippen LogP contribution is -2.05. The van der Waals surface area contributed by atoms with Crippen molar-refractivity contribution >= 4 is 39.6 Å². The third kappa shape index (κ3) is 3.58. The third-order valence-corrected chi connectivity index (χ3v) is 3.90. The molecule has 2 aromatic rings. The quantitative estimate of drug-likeness (QED) is 0.336. The van der Waals surface area contributed by atoms with Gasteiger partial charge in [0.15, 0.2) is 5.70 Å². The van der Waals surface area contributed by atoms with Crippen molar-refractivity contribution in [2.45, 2.75) is 0 Å². The van der Waals surface area contributed by atoms with E-state index in [2.05, 4.69) is 20.9 Å². The fourth-order valence-electron chi connectivity index (χ4n) is 2.25. The van der Waals surface area contributed by atoms with Crippen LogP contribution in [0.15, 0.2) is 57.6 Å². The Hall–Kier alpha value is -3.00. The first-order chi connectivity index (χ1) is 12.0. The maximum atomic E-state index is 12.1. The summed E-state index contributed by atoms with van der Waals surface area (Å²) in [7, 11) is 1.52. The number of rotatable bonds is 4. The predicted molar refractivity (Wildman–Crippen MR) is 94.4 cm³/mol. The Kier molecular flexibility index (Phi) is 4.62. The van der Waals surface area contributed by atoms with Crippen molar-refractivity contribution in [2.24, 2.45) is 4.99 Å². The molecule has 0 saturated heterocycles. The highest BCUT2D eigenvalue weighted by Gasteiger charge is 2.25. The molecular formula is C17H11BrN2O5. The number of carbonyl (C=O) groups is 1. The summed E-state index contributed by atoms with van der Waals surface area (Å²) < 4.78 is 11.2. The molecule has 0 aromatic heterocycles. The number of halogens is 1. The molecule has 7 nitrogen and oxygen atoms in total. The number of methoxy groups -OCH3 is 1. The van der Waals surface area contributed by atoms with Crippen LogP contribution in [0, 0.1) is 10.1 Å². The van der Waals surface area contributed by atoms with Crippen molar-refractivity contribution in [3.05, 3.63) is 73.9 Å². The number of aliphatic imine (C=N–C) groups is 1. The summed E-state index contributed by atoms with van der Waals surface area (Å²) in [6, 6.07) is 11.1. The fourth-order valence-corrected chi connectivity index (χ4v) is 2.63. The molecule has 0 N–H and O–H groups in total. The zero-order valence-corrected chi connectivity index (χ0v) is 14.5. The highest BCUT2D eigenvalue weighted by molar-refractivity contribution is 9.10. The van der Waals surface area contributed by atoms with Crippen LogP contribution in [0.5, 0.6) is 5.75 Å². The Morgan fingerprint density at radius 2 is 2.08 bits per heavy atom. The van der Waals surface area contributed by atoms with Crippen LogP contribution in [0.3, 0.4) is 0 Å². The lowest BCUT2D eigenvalue weighted by atomic mass is 10.1. The van der Waals surface area contributed by atoms with Gasteiger partial charge in [-0.15, -0.1) is 0 Å². The van der Waals surface area contributed by atoms with Gasteiger partial charge in [-0.1, -0.05) is 22.0 Å². The van der Waals surface area contributed by atoms with Crippen LogP contribution in [0.1, 0.15) is 11.1 Å². The number of hydrogen-bond donors (Lipinski definition) is 0. The number of cyclic esters (lactones) is 1. The largest absolute Gasteiger partial charge is 0.496 e. The molecule has 0 atom stereocenters. The van der Waals surface area contributed by atoms with E-state index in [1.807, 2.05) is 6.07 Å². The van der Waals surface area contributed by atoms with Gasteiger partial charge in [0, 0.05) is 27.7 Å². The van der Waals surface area contributed by atoms with Gasteiger partial charge in [-0.05, 0) is 30.3 Å². The molecule has 1 aliphatic heterocycles. The van der Waals surface area contributed by atoms with E-state index in [1.165, 1.54) is 31.4 Å². The van der Waals surface area contributed by atoms with Gasteiger partial charge in [-0.3, -0.25) is 10.1 Å². The van der Waals surface area contributed by atoms with Gasteiger partial charge in [0.2, 0.25) is 5.90 Å². The van der Waals surface area contributed by atoms with Crippen LogP contribution >= 0.6 is 15.9 Å². The second kappa shape index (κ2) is 6.86. The average molecular weight is 403 g/mol. The maximum Gasteiger partial charge on any atom is 0.363 e. The van der Waals surface area contributed by atoms with E-state index in [-0.39, 0.29) is 17.3 Å². The first-order valence-corrected chi connectivity index (χ1v) is 7.88. The van der Waals surface area contributed by atoms with Crippen LogP contribution in [0.2, 0.25) is 0 Å². The van der Waals surface area contributed by atoms with Gasteiger partial charge >= 0.3 is 5.97 Å². The monoisotopic (exact) mass is 402 g/mol. The molecule has 126 valence electrons. The van der Waals surface area contributed by atoms with E-state index in [1.54, 1.807) is 18.2 Å². The summed E-state index contributed by atoms with van der Waals surface area (Å²) in [5.74, 6) is -0.0417. The van der Waals surface area contributed by atoms with Gasteiger partial charge in [0.05, 0.1) is 12.0 Å². The zero-order valence-electron chi connectivity index (χ0n) is 12.9. The average Bonchev–Trinajstić information content (AvgIpc) is 2.96. The Labute approximate surface area is 150 Å². The molecule has 1 heterocycles. The molecule has 0 aliphatic carbocycles. The summed E-state index contributed by atoms with van der Waals surface area (Å²) in [6.45, 7) is 0. The van der Waals surface area contributed by atoms with E-state index in [4.69, 9.17) is 9.47 Å². The Balaban J connectivity index is 1.99. The number of non-ortho nitro benzene ring substituents is 1. The number of benzene rings is 2.